The molecule has 0 radical (unpaired) electrons. The molecule has 1 amide bonds. The standard InChI is InChI=1S/C25H29N5O5S2/c1-19(31)26-13-5-8-24-27-28-25(30(24)21-6-3-2-4-7-21)36-18-23(32)20-9-11-22(12-10-20)37(33,34)29-14-16-35-17-15-29/h2-4,6-7,9-12H,5,8,13-18H2,1H3,(H,26,31). The Hall–Kier alpha value is -3.06. The van der Waals surface area contributed by atoms with Crippen molar-refractivity contribution in [2.24, 2.45) is 0 Å². The third-order valence-corrected chi connectivity index (χ3v) is 8.62. The smallest absolute Gasteiger partial charge is 0.243 e. The Morgan fingerprint density at radius 1 is 1.03 bits per heavy atom. The first-order chi connectivity index (χ1) is 17.9. The van der Waals surface area contributed by atoms with Crippen LogP contribution in [0.1, 0.15) is 29.5 Å². The second kappa shape index (κ2) is 12.5. The largest absolute Gasteiger partial charge is 0.379 e. The molecule has 1 aromatic heterocycles. The van der Waals surface area contributed by atoms with Gasteiger partial charge in [-0.1, -0.05) is 42.1 Å². The minimum absolute atomic E-state index is 0.0778. The first-order valence-electron chi connectivity index (χ1n) is 11.9. The maximum absolute atomic E-state index is 12.9. The number of carbonyl (C=O) groups excluding carboxylic acids is 2. The van der Waals surface area contributed by atoms with Gasteiger partial charge in [0.1, 0.15) is 5.82 Å². The van der Waals surface area contributed by atoms with Crippen LogP contribution in [0.4, 0.5) is 0 Å². The number of Topliss-reactive ketones (excluding diaryl/α,β-unsaturated/α-hetero) is 1. The molecule has 0 atom stereocenters. The summed E-state index contributed by atoms with van der Waals surface area (Å²) in [4.78, 5) is 24.2. The summed E-state index contributed by atoms with van der Waals surface area (Å²) in [5, 5.41) is 12.0. The lowest BCUT2D eigenvalue weighted by molar-refractivity contribution is -0.118. The number of ketones is 1. The van der Waals surface area contributed by atoms with Crippen molar-refractivity contribution < 1.29 is 22.7 Å². The molecular formula is C25H29N5O5S2. The van der Waals surface area contributed by atoms with Crippen LogP contribution in [-0.2, 0) is 26.0 Å². The van der Waals surface area contributed by atoms with E-state index in [1.165, 1.54) is 35.1 Å². The van der Waals surface area contributed by atoms with Crippen LogP contribution in [0.5, 0.6) is 0 Å². The van der Waals surface area contributed by atoms with Gasteiger partial charge >= 0.3 is 0 Å². The number of ether oxygens (including phenoxy) is 1. The van der Waals surface area contributed by atoms with Crippen molar-refractivity contribution in [1.29, 1.82) is 0 Å². The summed E-state index contributed by atoms with van der Waals surface area (Å²) in [7, 11) is -3.62. The predicted molar refractivity (Wildman–Crippen MR) is 139 cm³/mol. The van der Waals surface area contributed by atoms with Crippen molar-refractivity contribution in [2.75, 3.05) is 38.6 Å². The highest BCUT2D eigenvalue weighted by atomic mass is 32.2. The van der Waals surface area contributed by atoms with Crippen LogP contribution >= 0.6 is 11.8 Å². The van der Waals surface area contributed by atoms with Crippen LogP contribution in [0.3, 0.4) is 0 Å². The Kier molecular flexibility index (Phi) is 9.09. The highest BCUT2D eigenvalue weighted by Crippen LogP contribution is 2.24. The number of aromatic nitrogens is 3. The summed E-state index contributed by atoms with van der Waals surface area (Å²) < 4.78 is 34.2. The molecule has 3 aromatic rings. The zero-order valence-electron chi connectivity index (χ0n) is 20.5. The van der Waals surface area contributed by atoms with Crippen LogP contribution in [0.15, 0.2) is 64.6 Å². The molecule has 12 heteroatoms. The third-order valence-electron chi connectivity index (χ3n) is 5.78. The van der Waals surface area contributed by atoms with Gasteiger partial charge in [0.25, 0.3) is 0 Å². The van der Waals surface area contributed by atoms with E-state index in [2.05, 4.69) is 15.5 Å². The lowest BCUT2D eigenvalue weighted by Gasteiger charge is -2.26. The van der Waals surface area contributed by atoms with Crippen molar-refractivity contribution in [3.8, 4) is 5.69 Å². The molecule has 0 unspecified atom stereocenters. The van der Waals surface area contributed by atoms with E-state index >= 15 is 0 Å². The van der Waals surface area contributed by atoms with Crippen LogP contribution in [0.25, 0.3) is 5.69 Å². The number of hydrogen-bond acceptors (Lipinski definition) is 8. The topological polar surface area (TPSA) is 123 Å². The van der Waals surface area contributed by atoms with Crippen molar-refractivity contribution in [3.63, 3.8) is 0 Å². The van der Waals surface area contributed by atoms with E-state index in [1.54, 1.807) is 12.1 Å². The molecule has 10 nitrogen and oxygen atoms in total. The van der Waals surface area contributed by atoms with E-state index in [9.17, 15) is 18.0 Å². The van der Waals surface area contributed by atoms with E-state index in [-0.39, 0.29) is 22.3 Å². The summed E-state index contributed by atoms with van der Waals surface area (Å²) in [6.45, 7) is 3.40. The number of nitrogens with zero attached hydrogens (tertiary/aromatic N) is 4. The molecule has 196 valence electrons. The third kappa shape index (κ3) is 6.83. The zero-order valence-corrected chi connectivity index (χ0v) is 22.1. The van der Waals surface area contributed by atoms with Gasteiger partial charge in [0.15, 0.2) is 10.9 Å². The Labute approximate surface area is 220 Å². The molecule has 2 heterocycles. The summed E-state index contributed by atoms with van der Waals surface area (Å²) >= 11 is 1.27. The molecular weight excluding hydrogens is 514 g/mol. The SMILES string of the molecule is CC(=O)NCCCc1nnc(SCC(=O)c2ccc(S(=O)(=O)N3CCOCC3)cc2)n1-c1ccccc1. The highest BCUT2D eigenvalue weighted by molar-refractivity contribution is 7.99. The second-order valence-corrected chi connectivity index (χ2v) is 11.3. The number of carbonyl (C=O) groups is 2. The lowest BCUT2D eigenvalue weighted by atomic mass is 10.1. The molecule has 0 spiro atoms. The number of amides is 1. The van der Waals surface area contributed by atoms with Gasteiger partial charge in [-0.25, -0.2) is 8.42 Å². The average Bonchev–Trinajstić information content (AvgIpc) is 3.33. The molecule has 1 N–H and O–H groups in total. The van der Waals surface area contributed by atoms with E-state index in [1.807, 2.05) is 34.9 Å². The quantitative estimate of drug-likeness (QED) is 0.222. The first-order valence-corrected chi connectivity index (χ1v) is 14.4. The fourth-order valence-corrected chi connectivity index (χ4v) is 6.14. The Balaban J connectivity index is 1.44. The van der Waals surface area contributed by atoms with E-state index in [0.717, 1.165) is 11.5 Å². The molecule has 37 heavy (non-hydrogen) atoms. The minimum Gasteiger partial charge on any atom is -0.379 e. The van der Waals surface area contributed by atoms with Gasteiger partial charge < -0.3 is 10.1 Å². The van der Waals surface area contributed by atoms with Crippen molar-refractivity contribution in [3.05, 3.63) is 66.0 Å². The highest BCUT2D eigenvalue weighted by Gasteiger charge is 2.26. The van der Waals surface area contributed by atoms with Crippen LogP contribution in [-0.4, -0.2) is 77.8 Å². The predicted octanol–water partition coefficient (Wildman–Crippen LogP) is 2.33. The van der Waals surface area contributed by atoms with Gasteiger partial charge in [-0.2, -0.15) is 4.31 Å². The summed E-state index contributed by atoms with van der Waals surface area (Å²) in [5.41, 5.74) is 1.31. The number of para-hydroxylation sites is 1. The van der Waals surface area contributed by atoms with E-state index in [4.69, 9.17) is 4.74 Å². The number of benzene rings is 2. The number of hydrogen-bond donors (Lipinski definition) is 1. The lowest BCUT2D eigenvalue weighted by Crippen LogP contribution is -2.40. The molecule has 0 saturated carbocycles. The van der Waals surface area contributed by atoms with E-state index in [0.29, 0.717) is 56.4 Å². The number of nitrogens with one attached hydrogen (secondary N) is 1. The number of aryl methyl sites for hydroxylation is 1. The van der Waals surface area contributed by atoms with Gasteiger partial charge in [-0.3, -0.25) is 14.2 Å². The molecule has 1 aliphatic rings. The monoisotopic (exact) mass is 543 g/mol. The first kappa shape index (κ1) is 27.0. The normalized spacial score (nSPS) is 14.4. The minimum atomic E-state index is -3.62. The number of thioether (sulfide) groups is 1. The van der Waals surface area contributed by atoms with Crippen molar-refractivity contribution in [2.45, 2.75) is 29.8 Å². The summed E-state index contributed by atoms with van der Waals surface area (Å²) in [6.07, 6.45) is 1.31. The van der Waals surface area contributed by atoms with Crippen molar-refractivity contribution >= 4 is 33.5 Å². The van der Waals surface area contributed by atoms with Gasteiger partial charge in [0.2, 0.25) is 15.9 Å². The molecule has 1 fully saturated rings. The summed E-state index contributed by atoms with van der Waals surface area (Å²) in [6, 6.07) is 15.7. The number of morpholine rings is 1. The summed E-state index contributed by atoms with van der Waals surface area (Å²) in [5.74, 6) is 0.636. The number of rotatable bonds is 11. The maximum atomic E-state index is 12.9. The van der Waals surface area contributed by atoms with Crippen LogP contribution < -0.4 is 5.32 Å². The Morgan fingerprint density at radius 2 is 1.73 bits per heavy atom. The van der Waals surface area contributed by atoms with Crippen LogP contribution in [0, 0.1) is 0 Å². The van der Waals surface area contributed by atoms with Crippen LogP contribution in [0.2, 0.25) is 0 Å². The molecule has 1 aliphatic heterocycles. The fourth-order valence-electron chi connectivity index (χ4n) is 3.87. The Bertz CT molecular complexity index is 1320. The van der Waals surface area contributed by atoms with E-state index < -0.39 is 10.0 Å². The zero-order chi connectivity index (χ0) is 26.3. The molecule has 2 aromatic carbocycles. The average molecular weight is 544 g/mol. The Morgan fingerprint density at radius 3 is 2.41 bits per heavy atom. The maximum Gasteiger partial charge on any atom is 0.243 e. The van der Waals surface area contributed by atoms with Gasteiger partial charge in [0.05, 0.1) is 23.9 Å². The molecule has 0 bridgehead atoms. The van der Waals surface area contributed by atoms with Gasteiger partial charge in [0, 0.05) is 44.2 Å². The molecule has 4 rings (SSSR count). The van der Waals surface area contributed by atoms with Crippen molar-refractivity contribution in [1.82, 2.24) is 24.4 Å². The fraction of sp³-hybridized carbons (Fsp3) is 0.360. The molecule has 1 saturated heterocycles. The number of sulfonamides is 1. The van der Waals surface area contributed by atoms with Gasteiger partial charge in [-0.15, -0.1) is 10.2 Å². The molecule has 0 aliphatic carbocycles. The van der Waals surface area contributed by atoms with Gasteiger partial charge in [-0.05, 0) is 30.7 Å². The second-order valence-electron chi connectivity index (χ2n) is 8.41.